The predicted molar refractivity (Wildman–Crippen MR) is 154 cm³/mol. The zero-order chi connectivity index (χ0) is 24.0. The van der Waals surface area contributed by atoms with Gasteiger partial charge in [-0.25, -0.2) is 0 Å². The lowest BCUT2D eigenvalue weighted by atomic mass is 9.45. The standard InChI is InChI=1S/C33H19BN2O/c1-18-16-24-21-10-6-12-23-30(21)36(32-22-9-3-5-15-28(22)37-33(23)32)34-25-13-7-11-20-19-8-2-4-14-26(19)35(31(20)25)27(17-18)29(24)34/h2-17H,1H3. The lowest BCUT2D eigenvalue weighted by Gasteiger charge is -2.34. The van der Waals surface area contributed by atoms with Crippen molar-refractivity contribution in [2.45, 2.75) is 6.92 Å². The molecule has 0 amide bonds. The molecule has 0 fully saturated rings. The molecule has 0 saturated heterocycles. The topological polar surface area (TPSA) is 23.0 Å². The first-order valence-corrected chi connectivity index (χ1v) is 12.9. The zero-order valence-electron chi connectivity index (χ0n) is 20.1. The second kappa shape index (κ2) is 5.99. The summed E-state index contributed by atoms with van der Waals surface area (Å²) in [5.74, 6) is 0. The van der Waals surface area contributed by atoms with E-state index in [0.29, 0.717) is 0 Å². The second-order valence-electron chi connectivity index (χ2n) is 10.6. The van der Waals surface area contributed by atoms with Crippen molar-refractivity contribution >= 4 is 72.6 Å². The fourth-order valence-electron chi connectivity index (χ4n) is 7.44. The summed E-state index contributed by atoms with van der Waals surface area (Å²) in [6, 6.07) is 35.6. The second-order valence-corrected chi connectivity index (χ2v) is 10.6. The van der Waals surface area contributed by atoms with Crippen molar-refractivity contribution in [2.24, 2.45) is 0 Å². The summed E-state index contributed by atoms with van der Waals surface area (Å²) >= 11 is 0. The van der Waals surface area contributed by atoms with Crippen LogP contribution in [0.15, 0.2) is 101 Å². The molecule has 0 radical (unpaired) electrons. The van der Waals surface area contributed by atoms with Gasteiger partial charge in [-0.05, 0) is 59.3 Å². The van der Waals surface area contributed by atoms with Gasteiger partial charge in [0.1, 0.15) is 5.58 Å². The third-order valence-electron chi connectivity index (χ3n) is 8.72. The first-order chi connectivity index (χ1) is 18.3. The molecule has 8 aromatic rings. The van der Waals surface area contributed by atoms with E-state index in [0.717, 1.165) is 11.2 Å². The van der Waals surface area contributed by atoms with Crippen LogP contribution in [0.3, 0.4) is 0 Å². The monoisotopic (exact) mass is 470 g/mol. The number of furan rings is 1. The van der Waals surface area contributed by atoms with Crippen LogP contribution in [0.2, 0.25) is 0 Å². The summed E-state index contributed by atoms with van der Waals surface area (Å²) in [6.45, 7) is 2.30. The molecular weight excluding hydrogens is 451 g/mol. The van der Waals surface area contributed by atoms with E-state index in [1.165, 1.54) is 76.9 Å². The van der Waals surface area contributed by atoms with Crippen LogP contribution in [0.4, 0.5) is 0 Å². The van der Waals surface area contributed by atoms with Gasteiger partial charge in [0.2, 0.25) is 0 Å². The largest absolute Gasteiger partial charge is 0.454 e. The highest BCUT2D eigenvalue weighted by Gasteiger charge is 2.42. The van der Waals surface area contributed by atoms with Gasteiger partial charge in [0, 0.05) is 38.3 Å². The molecule has 0 bridgehead atoms. The van der Waals surface area contributed by atoms with E-state index in [-0.39, 0.29) is 6.85 Å². The molecule has 0 spiro atoms. The van der Waals surface area contributed by atoms with Crippen molar-refractivity contribution in [3.8, 4) is 16.8 Å². The van der Waals surface area contributed by atoms with E-state index in [1.54, 1.807) is 0 Å². The molecule has 2 aliphatic heterocycles. The number of hydrogen-bond acceptors (Lipinski definition) is 1. The van der Waals surface area contributed by atoms with Crippen molar-refractivity contribution in [3.63, 3.8) is 0 Å². The molecule has 0 aliphatic carbocycles. The van der Waals surface area contributed by atoms with E-state index in [2.05, 4.69) is 113 Å². The van der Waals surface area contributed by atoms with Crippen LogP contribution >= 0.6 is 0 Å². The van der Waals surface area contributed by atoms with Crippen molar-refractivity contribution in [1.29, 1.82) is 0 Å². The fourth-order valence-corrected chi connectivity index (χ4v) is 7.44. The Hall–Kier alpha value is -4.70. The minimum atomic E-state index is 0.0713. The Morgan fingerprint density at radius 2 is 1.43 bits per heavy atom. The van der Waals surface area contributed by atoms with Crippen molar-refractivity contribution < 1.29 is 4.42 Å². The van der Waals surface area contributed by atoms with Crippen LogP contribution in [-0.4, -0.2) is 15.9 Å². The molecule has 0 unspecified atom stereocenters. The number of nitrogens with zero attached hydrogens (tertiary/aromatic N) is 2. The molecule has 0 saturated carbocycles. The number of hydrogen-bond donors (Lipinski definition) is 0. The predicted octanol–water partition coefficient (Wildman–Crippen LogP) is 6.89. The summed E-state index contributed by atoms with van der Waals surface area (Å²) in [5.41, 5.74) is 14.9. The molecule has 2 aliphatic rings. The van der Waals surface area contributed by atoms with Crippen LogP contribution in [0.25, 0.3) is 71.6 Å². The highest BCUT2D eigenvalue weighted by molar-refractivity contribution is 6.90. The van der Waals surface area contributed by atoms with Gasteiger partial charge in [-0.3, -0.25) is 0 Å². The van der Waals surface area contributed by atoms with Gasteiger partial charge in [-0.1, -0.05) is 66.7 Å². The minimum Gasteiger partial charge on any atom is -0.454 e. The lowest BCUT2D eigenvalue weighted by Crippen LogP contribution is -2.55. The number of benzene rings is 5. The lowest BCUT2D eigenvalue weighted by molar-refractivity contribution is 0.673. The molecule has 170 valence electrons. The molecular formula is C33H19BN2O. The Morgan fingerprint density at radius 3 is 2.38 bits per heavy atom. The fraction of sp³-hybridized carbons (Fsp3) is 0.0303. The molecule has 3 aromatic heterocycles. The number of aryl methyl sites for hydroxylation is 1. The van der Waals surface area contributed by atoms with Crippen molar-refractivity contribution in [1.82, 2.24) is 9.05 Å². The Bertz CT molecular complexity index is 2330. The molecule has 0 atom stereocenters. The van der Waals surface area contributed by atoms with Crippen LogP contribution in [0.1, 0.15) is 5.56 Å². The smallest absolute Gasteiger partial charge is 0.333 e. The van der Waals surface area contributed by atoms with E-state index in [1.807, 2.05) is 0 Å². The SMILES string of the molecule is Cc1cc2c3c(c1)-n1c4ccccc4c4cccc(c41)B3n1c3c-2cccc3c2oc3ccccc3c21. The quantitative estimate of drug-likeness (QED) is 0.221. The van der Waals surface area contributed by atoms with Crippen LogP contribution in [0.5, 0.6) is 0 Å². The number of fused-ring (bicyclic) bond motifs is 12. The summed E-state index contributed by atoms with van der Waals surface area (Å²) in [4.78, 5) is 0. The van der Waals surface area contributed by atoms with E-state index >= 15 is 0 Å². The van der Waals surface area contributed by atoms with Crippen LogP contribution in [-0.2, 0) is 0 Å². The average molecular weight is 470 g/mol. The minimum absolute atomic E-state index is 0.0713. The molecule has 10 rings (SSSR count). The van der Waals surface area contributed by atoms with Crippen LogP contribution < -0.4 is 10.9 Å². The van der Waals surface area contributed by atoms with Crippen molar-refractivity contribution in [3.05, 3.63) is 103 Å². The van der Waals surface area contributed by atoms with Crippen molar-refractivity contribution in [2.75, 3.05) is 0 Å². The van der Waals surface area contributed by atoms with Gasteiger partial charge < -0.3 is 13.5 Å². The summed E-state index contributed by atoms with van der Waals surface area (Å²) in [5, 5.41) is 4.99. The molecule has 5 heterocycles. The molecule has 0 N–H and O–H groups in total. The first-order valence-electron chi connectivity index (χ1n) is 12.9. The number of rotatable bonds is 0. The Balaban J connectivity index is 1.52. The zero-order valence-corrected chi connectivity index (χ0v) is 20.1. The maximum atomic E-state index is 6.56. The van der Waals surface area contributed by atoms with E-state index in [9.17, 15) is 0 Å². The van der Waals surface area contributed by atoms with Gasteiger partial charge in [0.15, 0.2) is 5.58 Å². The molecule has 4 heteroatoms. The van der Waals surface area contributed by atoms with Gasteiger partial charge >= 0.3 is 6.85 Å². The maximum absolute atomic E-state index is 6.56. The van der Waals surface area contributed by atoms with Gasteiger partial charge in [0.25, 0.3) is 0 Å². The Kier molecular flexibility index (Phi) is 3.00. The third-order valence-corrected chi connectivity index (χ3v) is 8.72. The number of aromatic nitrogens is 2. The normalized spacial score (nSPS) is 13.5. The molecule has 37 heavy (non-hydrogen) atoms. The summed E-state index contributed by atoms with van der Waals surface area (Å²) in [7, 11) is 0. The van der Waals surface area contributed by atoms with Gasteiger partial charge in [0.05, 0.1) is 16.6 Å². The van der Waals surface area contributed by atoms with E-state index < -0.39 is 0 Å². The molecule has 5 aromatic carbocycles. The number of para-hydroxylation sites is 4. The Morgan fingerprint density at radius 1 is 0.649 bits per heavy atom. The summed E-state index contributed by atoms with van der Waals surface area (Å²) in [6.07, 6.45) is 0. The third kappa shape index (κ3) is 1.95. The molecule has 3 nitrogen and oxygen atoms in total. The highest BCUT2D eigenvalue weighted by Crippen LogP contribution is 2.45. The van der Waals surface area contributed by atoms with Crippen LogP contribution in [0, 0.1) is 6.92 Å². The average Bonchev–Trinajstić information content (AvgIpc) is 3.58. The van der Waals surface area contributed by atoms with Gasteiger partial charge in [-0.15, -0.1) is 0 Å². The van der Waals surface area contributed by atoms with Gasteiger partial charge in [-0.2, -0.15) is 0 Å². The first kappa shape index (κ1) is 18.6. The maximum Gasteiger partial charge on any atom is 0.333 e. The Labute approximate surface area is 212 Å². The highest BCUT2D eigenvalue weighted by atomic mass is 16.3. The van der Waals surface area contributed by atoms with E-state index in [4.69, 9.17) is 4.42 Å². The summed E-state index contributed by atoms with van der Waals surface area (Å²) < 4.78 is 11.7.